The quantitative estimate of drug-likeness (QED) is 0.776. The predicted octanol–water partition coefficient (Wildman–Crippen LogP) is 1.69. The highest BCUT2D eigenvalue weighted by Crippen LogP contribution is 2.45. The van der Waals surface area contributed by atoms with Crippen LogP contribution in [0.15, 0.2) is 0 Å². The van der Waals surface area contributed by atoms with Crippen LogP contribution >= 0.6 is 0 Å². The Morgan fingerprint density at radius 1 is 1.24 bits per heavy atom. The summed E-state index contributed by atoms with van der Waals surface area (Å²) in [6, 6.07) is 2.14. The molecule has 4 heteroatoms. The maximum absolute atomic E-state index is 6.37. The maximum Gasteiger partial charge on any atom is 0.0590 e. The summed E-state index contributed by atoms with van der Waals surface area (Å²) >= 11 is 0. The van der Waals surface area contributed by atoms with Gasteiger partial charge in [0, 0.05) is 43.9 Å². The summed E-state index contributed by atoms with van der Waals surface area (Å²) < 4.78 is 5.40. The zero-order valence-electron chi connectivity index (χ0n) is 14.1. The number of piperidine rings is 1. The van der Waals surface area contributed by atoms with Crippen molar-refractivity contribution in [1.29, 1.82) is 0 Å². The van der Waals surface area contributed by atoms with Crippen molar-refractivity contribution in [2.45, 2.75) is 69.1 Å². The van der Waals surface area contributed by atoms with Crippen LogP contribution in [0.1, 0.15) is 45.4 Å². The van der Waals surface area contributed by atoms with E-state index in [4.69, 9.17) is 10.5 Å². The third-order valence-electron chi connectivity index (χ3n) is 6.54. The minimum Gasteiger partial charge on any atom is -0.383 e. The zero-order chi connectivity index (χ0) is 15.0. The van der Waals surface area contributed by atoms with Gasteiger partial charge in [0.1, 0.15) is 0 Å². The molecule has 0 amide bonds. The van der Waals surface area contributed by atoms with Gasteiger partial charge >= 0.3 is 0 Å². The van der Waals surface area contributed by atoms with Crippen molar-refractivity contribution in [3.63, 3.8) is 0 Å². The molecule has 2 heterocycles. The van der Waals surface area contributed by atoms with Crippen LogP contribution in [-0.2, 0) is 4.74 Å². The number of methoxy groups -OCH3 is 1. The molecule has 0 radical (unpaired) electrons. The van der Waals surface area contributed by atoms with Crippen LogP contribution in [0.3, 0.4) is 0 Å². The van der Waals surface area contributed by atoms with Crippen LogP contribution in [0.2, 0.25) is 0 Å². The molecule has 21 heavy (non-hydrogen) atoms. The molecule has 3 atom stereocenters. The van der Waals surface area contributed by atoms with E-state index in [0.29, 0.717) is 6.04 Å². The van der Waals surface area contributed by atoms with Gasteiger partial charge in [-0.15, -0.1) is 0 Å². The minimum atomic E-state index is 0.207. The van der Waals surface area contributed by atoms with E-state index in [1.54, 1.807) is 0 Å². The number of nitrogens with zero attached hydrogens (tertiary/aromatic N) is 2. The largest absolute Gasteiger partial charge is 0.383 e. The summed E-state index contributed by atoms with van der Waals surface area (Å²) in [5.41, 5.74) is 6.57. The summed E-state index contributed by atoms with van der Waals surface area (Å²) in [5, 5.41) is 0. The fourth-order valence-electron chi connectivity index (χ4n) is 4.96. The molecule has 3 rings (SSSR count). The average Bonchev–Trinajstić information content (AvgIpc) is 3.30. The standard InChI is InChI=1S/C17H33N3O/c1-13(14-4-5-14)20(8-9-21-3)17(12-18)10-15-6-7-16(11-17)19(15)2/h13-16H,4-12,18H2,1-3H3. The number of hydrogen-bond donors (Lipinski definition) is 1. The van der Waals surface area contributed by atoms with E-state index in [2.05, 4.69) is 23.8 Å². The van der Waals surface area contributed by atoms with Crippen molar-refractivity contribution in [3.8, 4) is 0 Å². The first-order chi connectivity index (χ1) is 10.1. The smallest absolute Gasteiger partial charge is 0.0590 e. The Morgan fingerprint density at radius 2 is 1.86 bits per heavy atom. The zero-order valence-corrected chi connectivity index (χ0v) is 14.1. The van der Waals surface area contributed by atoms with E-state index in [0.717, 1.165) is 37.7 Å². The average molecular weight is 295 g/mol. The lowest BCUT2D eigenvalue weighted by Gasteiger charge is -2.53. The van der Waals surface area contributed by atoms with E-state index in [9.17, 15) is 0 Å². The van der Waals surface area contributed by atoms with Crippen molar-refractivity contribution in [2.24, 2.45) is 11.7 Å². The molecule has 2 saturated heterocycles. The monoisotopic (exact) mass is 295 g/mol. The lowest BCUT2D eigenvalue weighted by Crippen LogP contribution is -2.64. The second-order valence-electron chi connectivity index (χ2n) is 7.65. The van der Waals surface area contributed by atoms with Crippen LogP contribution in [0.25, 0.3) is 0 Å². The fourth-order valence-corrected chi connectivity index (χ4v) is 4.96. The molecule has 2 aliphatic heterocycles. The van der Waals surface area contributed by atoms with Crippen LogP contribution in [0.4, 0.5) is 0 Å². The highest BCUT2D eigenvalue weighted by molar-refractivity contribution is 5.08. The van der Waals surface area contributed by atoms with Crippen LogP contribution < -0.4 is 5.73 Å². The van der Waals surface area contributed by atoms with Crippen LogP contribution in [0, 0.1) is 5.92 Å². The van der Waals surface area contributed by atoms with Crippen LogP contribution in [-0.4, -0.2) is 67.3 Å². The van der Waals surface area contributed by atoms with Gasteiger partial charge in [0.05, 0.1) is 6.61 Å². The van der Waals surface area contributed by atoms with Crippen molar-refractivity contribution in [2.75, 3.05) is 33.9 Å². The number of nitrogens with two attached hydrogens (primary N) is 1. The summed E-state index contributed by atoms with van der Waals surface area (Å²) in [6.45, 7) is 5.08. The number of rotatable bonds is 7. The Labute approximate surface area is 130 Å². The van der Waals surface area contributed by atoms with Crippen molar-refractivity contribution < 1.29 is 4.74 Å². The van der Waals surface area contributed by atoms with Gasteiger partial charge in [-0.3, -0.25) is 4.90 Å². The Bertz CT molecular complexity index is 344. The molecule has 2 bridgehead atoms. The third kappa shape index (κ3) is 2.88. The van der Waals surface area contributed by atoms with Crippen molar-refractivity contribution in [1.82, 2.24) is 9.80 Å². The molecule has 3 aliphatic rings. The molecule has 3 unspecified atom stereocenters. The minimum absolute atomic E-state index is 0.207. The fraction of sp³-hybridized carbons (Fsp3) is 1.00. The number of ether oxygens (including phenoxy) is 1. The molecule has 2 N–H and O–H groups in total. The van der Waals surface area contributed by atoms with Gasteiger partial charge in [-0.25, -0.2) is 0 Å². The molecular formula is C17H33N3O. The first-order valence-electron chi connectivity index (χ1n) is 8.79. The summed E-state index contributed by atoms with van der Waals surface area (Å²) in [6.07, 6.45) is 8.02. The molecule has 0 spiro atoms. The summed E-state index contributed by atoms with van der Waals surface area (Å²) in [7, 11) is 4.13. The highest BCUT2D eigenvalue weighted by atomic mass is 16.5. The van der Waals surface area contributed by atoms with E-state index >= 15 is 0 Å². The Hall–Kier alpha value is -0.160. The van der Waals surface area contributed by atoms with E-state index in [-0.39, 0.29) is 5.54 Å². The summed E-state index contributed by atoms with van der Waals surface area (Å²) in [4.78, 5) is 5.36. The molecule has 122 valence electrons. The number of hydrogen-bond acceptors (Lipinski definition) is 4. The Kier molecular flexibility index (Phi) is 4.60. The van der Waals surface area contributed by atoms with Crippen LogP contribution in [0.5, 0.6) is 0 Å². The molecule has 0 aromatic rings. The molecular weight excluding hydrogens is 262 g/mol. The van der Waals surface area contributed by atoms with Gasteiger partial charge in [-0.2, -0.15) is 0 Å². The van der Waals surface area contributed by atoms with Crippen molar-refractivity contribution >= 4 is 0 Å². The SMILES string of the molecule is COCCN(C(C)C1CC1)C1(CN)CC2CCC(C1)N2C. The van der Waals surface area contributed by atoms with E-state index < -0.39 is 0 Å². The second-order valence-corrected chi connectivity index (χ2v) is 7.65. The van der Waals surface area contributed by atoms with Gasteiger partial charge in [-0.05, 0) is 58.4 Å². The molecule has 0 aromatic carbocycles. The molecule has 1 aliphatic carbocycles. The lowest BCUT2D eigenvalue weighted by molar-refractivity contribution is -0.0363. The Morgan fingerprint density at radius 3 is 2.33 bits per heavy atom. The Balaban J connectivity index is 1.80. The van der Waals surface area contributed by atoms with Gasteiger partial charge in [0.2, 0.25) is 0 Å². The normalized spacial score (nSPS) is 38.1. The topological polar surface area (TPSA) is 41.7 Å². The molecule has 1 saturated carbocycles. The molecule has 4 nitrogen and oxygen atoms in total. The summed E-state index contributed by atoms with van der Waals surface area (Å²) in [5.74, 6) is 0.891. The predicted molar refractivity (Wildman–Crippen MR) is 86.4 cm³/mol. The van der Waals surface area contributed by atoms with Gasteiger partial charge in [0.15, 0.2) is 0 Å². The van der Waals surface area contributed by atoms with Gasteiger partial charge in [-0.1, -0.05) is 0 Å². The van der Waals surface area contributed by atoms with E-state index in [1.807, 2.05) is 7.11 Å². The highest BCUT2D eigenvalue weighted by Gasteiger charge is 2.51. The first kappa shape index (κ1) is 15.7. The molecule has 0 aromatic heterocycles. The van der Waals surface area contributed by atoms with Gasteiger partial charge in [0.25, 0.3) is 0 Å². The first-order valence-corrected chi connectivity index (χ1v) is 8.79. The maximum atomic E-state index is 6.37. The van der Waals surface area contributed by atoms with Crippen molar-refractivity contribution in [3.05, 3.63) is 0 Å². The van der Waals surface area contributed by atoms with E-state index in [1.165, 1.54) is 38.5 Å². The lowest BCUT2D eigenvalue weighted by atomic mass is 9.80. The van der Waals surface area contributed by atoms with Gasteiger partial charge < -0.3 is 15.4 Å². The number of fused-ring (bicyclic) bond motifs is 2. The second kappa shape index (κ2) is 6.15. The third-order valence-corrected chi connectivity index (χ3v) is 6.54. The molecule has 3 fully saturated rings.